The average Bonchev–Trinajstić information content (AvgIpc) is 2.27. The van der Waals surface area contributed by atoms with E-state index >= 15 is 0 Å². The molecule has 0 amide bonds. The third kappa shape index (κ3) is 0.988. The van der Waals surface area contributed by atoms with Crippen LogP contribution < -0.4 is 5.73 Å². The van der Waals surface area contributed by atoms with Crippen LogP contribution in [0.5, 0.6) is 5.75 Å². The van der Waals surface area contributed by atoms with Crippen molar-refractivity contribution in [3.05, 3.63) is 12.3 Å². The number of nitrogens with two attached hydrogens (primary N) is 1. The lowest BCUT2D eigenvalue weighted by Crippen LogP contribution is -1.80. The van der Waals surface area contributed by atoms with E-state index < -0.39 is 0 Å². The highest BCUT2D eigenvalue weighted by molar-refractivity contribution is 7.22. The largest absolute Gasteiger partial charge is 0.506 e. The molecule has 0 saturated carbocycles. The number of thiazole rings is 1. The maximum atomic E-state index is 9.02. The first-order valence-corrected chi connectivity index (χ1v) is 3.78. The van der Waals surface area contributed by atoms with Crippen molar-refractivity contribution in [2.24, 2.45) is 0 Å². The zero-order valence-corrected chi connectivity index (χ0v) is 6.30. The summed E-state index contributed by atoms with van der Waals surface area (Å²) < 4.78 is 0.808. The predicted octanol–water partition coefficient (Wildman–Crippen LogP) is 0.979. The van der Waals surface area contributed by atoms with Crippen LogP contribution in [0.1, 0.15) is 0 Å². The molecule has 0 unspecified atom stereocenters. The molecule has 0 atom stereocenters. The quantitative estimate of drug-likeness (QED) is 0.613. The Hall–Kier alpha value is -1.36. The Morgan fingerprint density at radius 2 is 2.36 bits per heavy atom. The average molecular weight is 167 g/mol. The fraction of sp³-hybridized carbons (Fsp3) is 0. The van der Waals surface area contributed by atoms with Crippen molar-refractivity contribution in [1.29, 1.82) is 0 Å². The fourth-order valence-electron chi connectivity index (χ4n) is 0.826. The van der Waals surface area contributed by atoms with Gasteiger partial charge >= 0.3 is 0 Å². The van der Waals surface area contributed by atoms with Crippen molar-refractivity contribution in [2.75, 3.05) is 5.73 Å². The number of aromatic hydroxyl groups is 1. The van der Waals surface area contributed by atoms with Crippen LogP contribution in [0.15, 0.2) is 12.3 Å². The van der Waals surface area contributed by atoms with Crippen molar-refractivity contribution in [1.82, 2.24) is 9.97 Å². The summed E-state index contributed by atoms with van der Waals surface area (Å²) in [5.74, 6) is 0.140. The van der Waals surface area contributed by atoms with Gasteiger partial charge in [-0.2, -0.15) is 0 Å². The van der Waals surface area contributed by atoms with E-state index in [4.69, 9.17) is 10.8 Å². The number of rotatable bonds is 0. The Morgan fingerprint density at radius 3 is 3.18 bits per heavy atom. The molecular formula is C6H5N3OS. The molecule has 0 spiro atoms. The van der Waals surface area contributed by atoms with E-state index in [0.29, 0.717) is 10.8 Å². The van der Waals surface area contributed by atoms with Crippen LogP contribution >= 0.6 is 11.3 Å². The molecule has 11 heavy (non-hydrogen) atoms. The predicted molar refractivity (Wildman–Crippen MR) is 43.5 cm³/mol. The second-order valence-electron chi connectivity index (χ2n) is 2.07. The Balaban J connectivity index is 2.82. The van der Waals surface area contributed by atoms with Gasteiger partial charge in [-0.05, 0) is 0 Å². The van der Waals surface area contributed by atoms with Gasteiger partial charge in [-0.3, -0.25) is 0 Å². The number of fused-ring (bicyclic) bond motifs is 1. The Labute approximate surface area is 66.3 Å². The van der Waals surface area contributed by atoms with Gasteiger partial charge in [0, 0.05) is 6.07 Å². The molecule has 0 bridgehead atoms. The van der Waals surface area contributed by atoms with Gasteiger partial charge < -0.3 is 10.8 Å². The van der Waals surface area contributed by atoms with E-state index in [1.165, 1.54) is 17.5 Å². The molecule has 0 aliphatic rings. The number of nitrogens with zero attached hydrogens (tertiary/aromatic N) is 2. The molecule has 0 aromatic carbocycles. The lowest BCUT2D eigenvalue weighted by molar-refractivity contribution is 0.474. The van der Waals surface area contributed by atoms with Crippen molar-refractivity contribution in [3.63, 3.8) is 0 Å². The molecule has 0 radical (unpaired) electrons. The molecule has 4 nitrogen and oxygen atoms in total. The summed E-state index contributed by atoms with van der Waals surface area (Å²) in [6.45, 7) is 0. The van der Waals surface area contributed by atoms with Crippen molar-refractivity contribution in [2.45, 2.75) is 0 Å². The highest BCUT2D eigenvalue weighted by Gasteiger charge is 2.01. The summed E-state index contributed by atoms with van der Waals surface area (Å²) in [6, 6.07) is 1.59. The number of hydrogen-bond acceptors (Lipinski definition) is 5. The third-order valence-corrected chi connectivity index (χ3v) is 2.07. The molecular weight excluding hydrogens is 162 g/mol. The van der Waals surface area contributed by atoms with E-state index in [0.717, 1.165) is 4.70 Å². The Bertz CT molecular complexity index is 398. The zero-order valence-electron chi connectivity index (χ0n) is 5.48. The van der Waals surface area contributed by atoms with E-state index in [-0.39, 0.29) is 5.75 Å². The first kappa shape index (κ1) is 6.36. The van der Waals surface area contributed by atoms with Crippen LogP contribution in [-0.2, 0) is 0 Å². The first-order chi connectivity index (χ1) is 5.25. The van der Waals surface area contributed by atoms with E-state index in [1.807, 2.05) is 0 Å². The molecule has 2 aromatic rings. The normalized spacial score (nSPS) is 10.5. The molecule has 3 N–H and O–H groups in total. The molecule has 2 rings (SSSR count). The van der Waals surface area contributed by atoms with Crippen LogP contribution in [0.25, 0.3) is 10.3 Å². The first-order valence-electron chi connectivity index (χ1n) is 2.97. The number of anilines is 1. The molecule has 56 valence electrons. The lowest BCUT2D eigenvalue weighted by Gasteiger charge is -1.86. The van der Waals surface area contributed by atoms with Crippen molar-refractivity contribution >= 4 is 26.8 Å². The second kappa shape index (κ2) is 2.06. The van der Waals surface area contributed by atoms with E-state index in [2.05, 4.69) is 9.97 Å². The standard InChI is InChI=1S/C6H5N3OS/c7-6-9-5-4(11-6)1-3(10)2-8-5/h1-2,10H,(H2,7,8,9). The summed E-state index contributed by atoms with van der Waals surface area (Å²) in [4.78, 5) is 7.80. The van der Waals surface area contributed by atoms with E-state index in [1.54, 1.807) is 6.07 Å². The summed E-state index contributed by atoms with van der Waals surface area (Å²) >= 11 is 1.31. The van der Waals surface area contributed by atoms with Gasteiger partial charge in [0.1, 0.15) is 5.75 Å². The van der Waals surface area contributed by atoms with Crippen molar-refractivity contribution in [3.8, 4) is 5.75 Å². The summed E-state index contributed by atoms with van der Waals surface area (Å²) in [6.07, 6.45) is 1.35. The van der Waals surface area contributed by atoms with Gasteiger partial charge in [-0.1, -0.05) is 11.3 Å². The minimum atomic E-state index is 0.140. The highest BCUT2D eigenvalue weighted by atomic mass is 32.1. The van der Waals surface area contributed by atoms with Gasteiger partial charge in [0.15, 0.2) is 10.8 Å². The topological polar surface area (TPSA) is 72.0 Å². The zero-order chi connectivity index (χ0) is 7.84. The summed E-state index contributed by atoms with van der Waals surface area (Å²) in [7, 11) is 0. The monoisotopic (exact) mass is 167 g/mol. The minimum absolute atomic E-state index is 0.140. The van der Waals surface area contributed by atoms with E-state index in [9.17, 15) is 0 Å². The van der Waals surface area contributed by atoms with Crippen LogP contribution in [0.3, 0.4) is 0 Å². The number of nitrogen functional groups attached to an aromatic ring is 1. The molecule has 0 aliphatic heterocycles. The maximum Gasteiger partial charge on any atom is 0.182 e. The second-order valence-corrected chi connectivity index (χ2v) is 3.13. The Morgan fingerprint density at radius 1 is 1.55 bits per heavy atom. The lowest BCUT2D eigenvalue weighted by atomic mass is 10.4. The minimum Gasteiger partial charge on any atom is -0.506 e. The van der Waals surface area contributed by atoms with Gasteiger partial charge in [-0.15, -0.1) is 0 Å². The summed E-state index contributed by atoms with van der Waals surface area (Å²) in [5, 5.41) is 9.49. The van der Waals surface area contributed by atoms with Crippen LogP contribution in [-0.4, -0.2) is 15.1 Å². The molecule has 0 aliphatic carbocycles. The van der Waals surface area contributed by atoms with Crippen molar-refractivity contribution < 1.29 is 5.11 Å². The summed E-state index contributed by atoms with van der Waals surface area (Å²) in [5.41, 5.74) is 6.01. The van der Waals surface area contributed by atoms with Crippen LogP contribution in [0, 0.1) is 0 Å². The molecule has 2 heterocycles. The van der Waals surface area contributed by atoms with Crippen LogP contribution in [0.4, 0.5) is 5.13 Å². The SMILES string of the molecule is Nc1nc2ncc(O)cc2s1. The number of hydrogen-bond donors (Lipinski definition) is 2. The van der Waals surface area contributed by atoms with Gasteiger partial charge in [-0.25, -0.2) is 9.97 Å². The highest BCUT2D eigenvalue weighted by Crippen LogP contribution is 2.24. The van der Waals surface area contributed by atoms with Crippen LogP contribution in [0.2, 0.25) is 0 Å². The molecule has 5 heteroatoms. The fourth-order valence-corrected chi connectivity index (χ4v) is 1.55. The smallest absolute Gasteiger partial charge is 0.182 e. The number of aromatic nitrogens is 2. The molecule has 0 saturated heterocycles. The van der Waals surface area contributed by atoms with Gasteiger partial charge in [0.25, 0.3) is 0 Å². The van der Waals surface area contributed by atoms with Gasteiger partial charge in [0.2, 0.25) is 0 Å². The molecule has 2 aromatic heterocycles. The van der Waals surface area contributed by atoms with Gasteiger partial charge in [0.05, 0.1) is 10.9 Å². The molecule has 0 fully saturated rings. The number of pyridine rings is 1. The maximum absolute atomic E-state index is 9.02. The Kier molecular flexibility index (Phi) is 1.19. The third-order valence-electron chi connectivity index (χ3n) is 1.25.